The second kappa shape index (κ2) is 3.93. The van der Waals surface area contributed by atoms with Gasteiger partial charge in [0.25, 0.3) is 0 Å². The number of fused-ring (bicyclic) bond motifs is 1. The minimum Gasteiger partial charge on any atom is -0.394 e. The molecule has 0 fully saturated rings. The summed E-state index contributed by atoms with van der Waals surface area (Å²) in [6.07, 6.45) is 1.64. The van der Waals surface area contributed by atoms with Crippen LogP contribution in [0.4, 0.5) is 11.8 Å². The van der Waals surface area contributed by atoms with Gasteiger partial charge in [-0.1, -0.05) is 0 Å². The molecule has 2 aromatic heterocycles. The van der Waals surface area contributed by atoms with Crippen molar-refractivity contribution in [2.75, 3.05) is 24.3 Å². The Morgan fingerprint density at radius 3 is 3.00 bits per heavy atom. The fraction of sp³-hybridized carbons (Fsp3) is 0.444. The first-order valence-corrected chi connectivity index (χ1v) is 4.93. The number of likely N-dealkylation sites (N-methyl/N-ethyl adjacent to an activating group) is 1. The molecule has 0 saturated carbocycles. The first-order valence-electron chi connectivity index (χ1n) is 4.93. The summed E-state index contributed by atoms with van der Waals surface area (Å²) in [5.74, 6) is 0.849. The van der Waals surface area contributed by atoms with Crippen molar-refractivity contribution in [1.82, 2.24) is 20.2 Å². The summed E-state index contributed by atoms with van der Waals surface area (Å²) in [6, 6.07) is -0.0487. The van der Waals surface area contributed by atoms with Crippen LogP contribution in [0.5, 0.6) is 0 Å². The van der Waals surface area contributed by atoms with Crippen LogP contribution in [0.25, 0.3) is 11.0 Å². The van der Waals surface area contributed by atoms with Crippen molar-refractivity contribution >= 4 is 22.8 Å². The van der Waals surface area contributed by atoms with Crippen LogP contribution in [0.1, 0.15) is 6.92 Å². The van der Waals surface area contributed by atoms with E-state index in [1.54, 1.807) is 6.20 Å². The van der Waals surface area contributed by atoms with Gasteiger partial charge in [0.05, 0.1) is 24.2 Å². The molecule has 7 nitrogen and oxygen atoms in total. The molecule has 0 aliphatic rings. The Morgan fingerprint density at radius 2 is 2.31 bits per heavy atom. The number of nitrogen functional groups attached to an aromatic ring is 1. The van der Waals surface area contributed by atoms with Crippen LogP contribution < -0.4 is 10.6 Å². The van der Waals surface area contributed by atoms with Crippen molar-refractivity contribution in [3.63, 3.8) is 0 Å². The molecule has 1 atom stereocenters. The average Bonchev–Trinajstić information content (AvgIpc) is 2.73. The van der Waals surface area contributed by atoms with Gasteiger partial charge < -0.3 is 15.7 Å². The predicted molar refractivity (Wildman–Crippen MR) is 61.0 cm³/mol. The Bertz CT molecular complexity index is 496. The zero-order valence-electron chi connectivity index (χ0n) is 9.18. The van der Waals surface area contributed by atoms with E-state index in [9.17, 15) is 0 Å². The molecule has 0 bridgehead atoms. The number of aliphatic hydroxyl groups excluding tert-OH is 1. The number of aromatic amines is 1. The average molecular weight is 222 g/mol. The number of nitrogens with two attached hydrogens (primary N) is 1. The maximum absolute atomic E-state index is 9.12. The number of hydrogen-bond acceptors (Lipinski definition) is 6. The Kier molecular flexibility index (Phi) is 2.61. The third-order valence-electron chi connectivity index (χ3n) is 2.57. The molecule has 16 heavy (non-hydrogen) atoms. The van der Waals surface area contributed by atoms with E-state index >= 15 is 0 Å². The van der Waals surface area contributed by atoms with Crippen molar-refractivity contribution < 1.29 is 5.11 Å². The minimum atomic E-state index is -0.0487. The quantitative estimate of drug-likeness (QED) is 0.661. The SMILES string of the molecule is CC(CO)N(C)c1nc(N)nc2[nH]ncc12. The molecule has 2 aromatic rings. The molecule has 0 amide bonds. The maximum atomic E-state index is 9.12. The van der Waals surface area contributed by atoms with Crippen LogP contribution >= 0.6 is 0 Å². The van der Waals surface area contributed by atoms with E-state index in [1.807, 2.05) is 18.9 Å². The van der Waals surface area contributed by atoms with Gasteiger partial charge in [-0.3, -0.25) is 5.10 Å². The summed E-state index contributed by atoms with van der Waals surface area (Å²) in [5, 5.41) is 16.5. The Morgan fingerprint density at radius 1 is 1.56 bits per heavy atom. The van der Waals surface area contributed by atoms with Crippen LogP contribution in [0.15, 0.2) is 6.20 Å². The van der Waals surface area contributed by atoms with Crippen molar-refractivity contribution in [3.8, 4) is 0 Å². The van der Waals surface area contributed by atoms with E-state index in [1.165, 1.54) is 0 Å². The molecule has 7 heteroatoms. The Hall–Kier alpha value is -1.89. The Labute approximate surface area is 92.3 Å². The van der Waals surface area contributed by atoms with Gasteiger partial charge in [0.15, 0.2) is 5.65 Å². The number of rotatable bonds is 3. The predicted octanol–water partition coefficient (Wildman–Crippen LogP) is -0.248. The fourth-order valence-corrected chi connectivity index (χ4v) is 1.44. The lowest BCUT2D eigenvalue weighted by molar-refractivity contribution is 0.270. The number of nitrogens with zero attached hydrogens (tertiary/aromatic N) is 4. The third kappa shape index (κ3) is 1.65. The molecule has 1 unspecified atom stereocenters. The lowest BCUT2D eigenvalue weighted by Crippen LogP contribution is -2.32. The molecular formula is C9H14N6O. The summed E-state index contributed by atoms with van der Waals surface area (Å²) >= 11 is 0. The second-order valence-corrected chi connectivity index (χ2v) is 3.68. The van der Waals surface area contributed by atoms with Crippen molar-refractivity contribution in [2.24, 2.45) is 0 Å². The van der Waals surface area contributed by atoms with Gasteiger partial charge in [0, 0.05) is 7.05 Å². The lowest BCUT2D eigenvalue weighted by atomic mass is 10.3. The van der Waals surface area contributed by atoms with Crippen LogP contribution in [0.3, 0.4) is 0 Å². The molecule has 4 N–H and O–H groups in total. The summed E-state index contributed by atoms with van der Waals surface area (Å²) in [5.41, 5.74) is 6.20. The second-order valence-electron chi connectivity index (χ2n) is 3.68. The van der Waals surface area contributed by atoms with Gasteiger partial charge in [0.2, 0.25) is 5.95 Å². The highest BCUT2D eigenvalue weighted by Gasteiger charge is 2.15. The van der Waals surface area contributed by atoms with Crippen LogP contribution in [-0.4, -0.2) is 45.0 Å². The number of H-pyrrole nitrogens is 1. The van der Waals surface area contributed by atoms with E-state index in [2.05, 4.69) is 20.2 Å². The van der Waals surface area contributed by atoms with Gasteiger partial charge in [-0.05, 0) is 6.92 Å². The fourth-order valence-electron chi connectivity index (χ4n) is 1.44. The highest BCUT2D eigenvalue weighted by Crippen LogP contribution is 2.23. The minimum absolute atomic E-state index is 0.0414. The van der Waals surface area contributed by atoms with Gasteiger partial charge >= 0.3 is 0 Å². The highest BCUT2D eigenvalue weighted by molar-refractivity contribution is 5.87. The Balaban J connectivity index is 2.53. The number of nitrogens with one attached hydrogen (secondary N) is 1. The summed E-state index contributed by atoms with van der Waals surface area (Å²) < 4.78 is 0. The van der Waals surface area contributed by atoms with Gasteiger partial charge in [0.1, 0.15) is 5.82 Å². The van der Waals surface area contributed by atoms with E-state index in [0.717, 1.165) is 5.39 Å². The molecule has 0 aromatic carbocycles. The first kappa shape index (κ1) is 10.6. The molecule has 0 aliphatic heterocycles. The maximum Gasteiger partial charge on any atom is 0.224 e. The molecule has 0 saturated heterocycles. The number of aliphatic hydroxyl groups is 1. The monoisotopic (exact) mass is 222 g/mol. The van der Waals surface area contributed by atoms with Crippen LogP contribution in [-0.2, 0) is 0 Å². The molecule has 2 heterocycles. The largest absolute Gasteiger partial charge is 0.394 e. The molecule has 2 rings (SSSR count). The summed E-state index contributed by atoms with van der Waals surface area (Å²) in [6.45, 7) is 1.93. The zero-order chi connectivity index (χ0) is 11.7. The van der Waals surface area contributed by atoms with Crippen LogP contribution in [0.2, 0.25) is 0 Å². The van der Waals surface area contributed by atoms with Crippen LogP contribution in [0, 0.1) is 0 Å². The molecular weight excluding hydrogens is 208 g/mol. The molecule has 86 valence electrons. The van der Waals surface area contributed by atoms with E-state index in [0.29, 0.717) is 11.5 Å². The summed E-state index contributed by atoms with van der Waals surface area (Å²) in [4.78, 5) is 10.0. The number of hydrogen-bond donors (Lipinski definition) is 3. The van der Waals surface area contributed by atoms with Gasteiger partial charge in [-0.2, -0.15) is 15.1 Å². The number of anilines is 2. The van der Waals surface area contributed by atoms with Crippen molar-refractivity contribution in [3.05, 3.63) is 6.20 Å². The van der Waals surface area contributed by atoms with Crippen molar-refractivity contribution in [1.29, 1.82) is 0 Å². The lowest BCUT2D eigenvalue weighted by Gasteiger charge is -2.24. The smallest absolute Gasteiger partial charge is 0.224 e. The van der Waals surface area contributed by atoms with E-state index in [-0.39, 0.29) is 18.6 Å². The third-order valence-corrected chi connectivity index (χ3v) is 2.57. The van der Waals surface area contributed by atoms with E-state index < -0.39 is 0 Å². The molecule has 0 spiro atoms. The zero-order valence-corrected chi connectivity index (χ0v) is 9.18. The molecule has 0 radical (unpaired) electrons. The van der Waals surface area contributed by atoms with E-state index in [4.69, 9.17) is 10.8 Å². The number of aromatic nitrogens is 4. The first-order chi connectivity index (χ1) is 7.63. The van der Waals surface area contributed by atoms with Gasteiger partial charge in [-0.25, -0.2) is 0 Å². The standard InChI is InChI=1S/C9H14N6O/c1-5(4-16)15(2)8-6-3-11-14-7(6)12-9(10)13-8/h3,5,16H,4H2,1-2H3,(H3,10,11,12,13,14). The normalized spacial score (nSPS) is 12.9. The molecule has 0 aliphatic carbocycles. The summed E-state index contributed by atoms with van der Waals surface area (Å²) in [7, 11) is 1.84. The topological polar surface area (TPSA) is 104 Å². The van der Waals surface area contributed by atoms with Crippen molar-refractivity contribution in [2.45, 2.75) is 13.0 Å². The highest BCUT2D eigenvalue weighted by atomic mass is 16.3. The van der Waals surface area contributed by atoms with Gasteiger partial charge in [-0.15, -0.1) is 0 Å².